The number of anilines is 1. The quantitative estimate of drug-likeness (QED) is 0.728. The molecule has 0 aromatic carbocycles. The van der Waals surface area contributed by atoms with Gasteiger partial charge in [-0.3, -0.25) is 5.32 Å². The number of aromatic nitrogens is 1. The number of amides is 2. The van der Waals surface area contributed by atoms with Gasteiger partial charge in [0.2, 0.25) is 0 Å². The molecule has 94 valence electrons. The summed E-state index contributed by atoms with van der Waals surface area (Å²) in [5, 5.41) is 14.5. The molecule has 3 N–H and O–H groups in total. The molecular formula is C12H19N3O2. The van der Waals surface area contributed by atoms with Crippen molar-refractivity contribution in [3.05, 3.63) is 24.4 Å². The van der Waals surface area contributed by atoms with Crippen LogP contribution in [0.1, 0.15) is 20.3 Å². The zero-order chi connectivity index (χ0) is 12.7. The first-order chi connectivity index (χ1) is 8.08. The van der Waals surface area contributed by atoms with Gasteiger partial charge in [-0.1, -0.05) is 13.0 Å². The number of pyridine rings is 1. The molecule has 0 aliphatic carbocycles. The molecule has 1 aromatic rings. The highest BCUT2D eigenvalue weighted by atomic mass is 16.3. The first-order valence-electron chi connectivity index (χ1n) is 5.72. The lowest BCUT2D eigenvalue weighted by molar-refractivity contribution is 0.163. The van der Waals surface area contributed by atoms with Crippen LogP contribution in [0.4, 0.5) is 10.6 Å². The maximum atomic E-state index is 11.5. The minimum atomic E-state index is -0.342. The maximum Gasteiger partial charge on any atom is 0.320 e. The van der Waals surface area contributed by atoms with Crippen molar-refractivity contribution in [3.8, 4) is 0 Å². The van der Waals surface area contributed by atoms with Gasteiger partial charge in [0, 0.05) is 12.7 Å². The van der Waals surface area contributed by atoms with Gasteiger partial charge < -0.3 is 10.4 Å². The Morgan fingerprint density at radius 1 is 1.47 bits per heavy atom. The average Bonchev–Trinajstić information content (AvgIpc) is 2.27. The van der Waals surface area contributed by atoms with E-state index >= 15 is 0 Å². The second-order valence-electron chi connectivity index (χ2n) is 4.24. The van der Waals surface area contributed by atoms with Crippen molar-refractivity contribution >= 4 is 11.8 Å². The Morgan fingerprint density at radius 3 is 2.82 bits per heavy atom. The fraction of sp³-hybridized carbons (Fsp3) is 0.500. The molecule has 0 saturated carbocycles. The van der Waals surface area contributed by atoms with Gasteiger partial charge in [0.15, 0.2) is 0 Å². The molecule has 2 atom stereocenters. The van der Waals surface area contributed by atoms with E-state index in [0.29, 0.717) is 18.8 Å². The molecule has 0 aliphatic rings. The minimum absolute atomic E-state index is 0.240. The zero-order valence-corrected chi connectivity index (χ0v) is 10.2. The summed E-state index contributed by atoms with van der Waals surface area (Å²) in [7, 11) is 0. The van der Waals surface area contributed by atoms with Crippen molar-refractivity contribution in [2.24, 2.45) is 5.92 Å². The van der Waals surface area contributed by atoms with Crippen molar-refractivity contribution in [1.82, 2.24) is 10.3 Å². The molecule has 1 heterocycles. The Hall–Kier alpha value is -1.62. The normalized spacial score (nSPS) is 13.8. The fourth-order valence-electron chi connectivity index (χ4n) is 1.53. The topological polar surface area (TPSA) is 74.2 Å². The monoisotopic (exact) mass is 237 g/mol. The van der Waals surface area contributed by atoms with Gasteiger partial charge in [0.1, 0.15) is 5.82 Å². The summed E-state index contributed by atoms with van der Waals surface area (Å²) in [5.41, 5.74) is 0. The second-order valence-corrected chi connectivity index (χ2v) is 4.24. The summed E-state index contributed by atoms with van der Waals surface area (Å²) < 4.78 is 0. The number of carbonyl (C=O) groups excluding carboxylic acids is 1. The van der Waals surface area contributed by atoms with Crippen molar-refractivity contribution < 1.29 is 9.90 Å². The first-order valence-corrected chi connectivity index (χ1v) is 5.72. The molecule has 0 aliphatic heterocycles. The minimum Gasteiger partial charge on any atom is -0.393 e. The third kappa shape index (κ3) is 5.87. The van der Waals surface area contributed by atoms with Gasteiger partial charge in [-0.05, 0) is 31.4 Å². The largest absolute Gasteiger partial charge is 0.393 e. The van der Waals surface area contributed by atoms with Crippen molar-refractivity contribution in [1.29, 1.82) is 0 Å². The highest BCUT2D eigenvalue weighted by Gasteiger charge is 2.08. The Labute approximate surface area is 101 Å². The number of rotatable bonds is 5. The van der Waals surface area contributed by atoms with Crippen LogP contribution in [0.2, 0.25) is 0 Å². The summed E-state index contributed by atoms with van der Waals surface area (Å²) in [6.45, 7) is 4.25. The Morgan fingerprint density at radius 2 is 2.24 bits per heavy atom. The zero-order valence-electron chi connectivity index (χ0n) is 10.2. The summed E-state index contributed by atoms with van der Waals surface area (Å²) in [6.07, 6.45) is 1.95. The number of nitrogens with one attached hydrogen (secondary N) is 2. The first kappa shape index (κ1) is 13.4. The van der Waals surface area contributed by atoms with E-state index in [9.17, 15) is 9.90 Å². The Kier molecular flexibility index (Phi) is 5.42. The third-order valence-corrected chi connectivity index (χ3v) is 2.26. The highest BCUT2D eigenvalue weighted by molar-refractivity contribution is 5.88. The van der Waals surface area contributed by atoms with Gasteiger partial charge in [-0.2, -0.15) is 0 Å². The molecule has 0 spiro atoms. The molecule has 0 unspecified atom stereocenters. The number of aliphatic hydroxyl groups excluding tert-OH is 1. The fourth-order valence-corrected chi connectivity index (χ4v) is 1.53. The maximum absolute atomic E-state index is 11.5. The van der Waals surface area contributed by atoms with Gasteiger partial charge >= 0.3 is 6.03 Å². The van der Waals surface area contributed by atoms with Gasteiger partial charge in [0.05, 0.1) is 6.10 Å². The van der Waals surface area contributed by atoms with Crippen LogP contribution in [0.25, 0.3) is 0 Å². The smallest absolute Gasteiger partial charge is 0.320 e. The van der Waals surface area contributed by atoms with Gasteiger partial charge in [-0.15, -0.1) is 0 Å². The number of carbonyl (C=O) groups is 1. The van der Waals surface area contributed by atoms with E-state index in [0.717, 1.165) is 0 Å². The molecule has 0 saturated heterocycles. The highest BCUT2D eigenvalue weighted by Crippen LogP contribution is 2.04. The summed E-state index contributed by atoms with van der Waals surface area (Å²) in [4.78, 5) is 15.5. The van der Waals surface area contributed by atoms with Crippen LogP contribution in [0.15, 0.2) is 24.4 Å². The SMILES string of the molecule is C[C@H](CNC(=O)Nc1ccccn1)C[C@H](C)O. The number of aliphatic hydroxyl groups is 1. The summed E-state index contributed by atoms with van der Waals surface area (Å²) in [6, 6.07) is 5.03. The summed E-state index contributed by atoms with van der Waals surface area (Å²) in [5.74, 6) is 0.762. The van der Waals surface area contributed by atoms with Gasteiger partial charge in [0.25, 0.3) is 0 Å². The van der Waals surface area contributed by atoms with Crippen LogP contribution >= 0.6 is 0 Å². The van der Waals surface area contributed by atoms with Crippen LogP contribution < -0.4 is 10.6 Å². The second kappa shape index (κ2) is 6.85. The number of hydrogen-bond acceptors (Lipinski definition) is 3. The van der Waals surface area contributed by atoms with Crippen LogP contribution in [0.3, 0.4) is 0 Å². The Balaban J connectivity index is 2.26. The van der Waals surface area contributed by atoms with E-state index in [1.807, 2.05) is 6.92 Å². The van der Waals surface area contributed by atoms with E-state index in [2.05, 4.69) is 15.6 Å². The van der Waals surface area contributed by atoms with Crippen LogP contribution in [-0.4, -0.2) is 28.8 Å². The van der Waals surface area contributed by atoms with Crippen molar-refractivity contribution in [3.63, 3.8) is 0 Å². The molecule has 5 nitrogen and oxygen atoms in total. The lowest BCUT2D eigenvalue weighted by atomic mass is 10.1. The molecule has 17 heavy (non-hydrogen) atoms. The predicted octanol–water partition coefficient (Wildman–Crippen LogP) is 1.61. The lowest BCUT2D eigenvalue weighted by Crippen LogP contribution is -2.33. The number of hydrogen-bond donors (Lipinski definition) is 3. The molecule has 0 bridgehead atoms. The molecule has 1 rings (SSSR count). The molecule has 1 aromatic heterocycles. The van der Waals surface area contributed by atoms with Crippen molar-refractivity contribution in [2.45, 2.75) is 26.4 Å². The molecule has 0 fully saturated rings. The lowest BCUT2D eigenvalue weighted by Gasteiger charge is -2.14. The standard InChI is InChI=1S/C12H19N3O2/c1-9(7-10(2)16)8-14-12(17)15-11-5-3-4-6-13-11/h3-6,9-10,16H,7-8H2,1-2H3,(H2,13,14,15,17)/t9-,10-/m0/s1. The van der Waals surface area contributed by atoms with E-state index < -0.39 is 0 Å². The Bertz CT molecular complexity index is 341. The average molecular weight is 237 g/mol. The van der Waals surface area contributed by atoms with Crippen LogP contribution in [0, 0.1) is 5.92 Å². The predicted molar refractivity (Wildman–Crippen MR) is 66.7 cm³/mol. The molecule has 0 radical (unpaired) electrons. The van der Waals surface area contributed by atoms with E-state index in [-0.39, 0.29) is 18.1 Å². The summed E-state index contributed by atoms with van der Waals surface area (Å²) >= 11 is 0. The molecule has 5 heteroatoms. The van der Waals surface area contributed by atoms with E-state index in [1.54, 1.807) is 31.3 Å². The number of nitrogens with zero attached hydrogens (tertiary/aromatic N) is 1. The van der Waals surface area contributed by atoms with E-state index in [1.165, 1.54) is 0 Å². The van der Waals surface area contributed by atoms with Crippen LogP contribution in [0.5, 0.6) is 0 Å². The van der Waals surface area contributed by atoms with Crippen LogP contribution in [-0.2, 0) is 0 Å². The molecule has 2 amide bonds. The van der Waals surface area contributed by atoms with Crippen molar-refractivity contribution in [2.75, 3.05) is 11.9 Å². The van der Waals surface area contributed by atoms with E-state index in [4.69, 9.17) is 0 Å². The number of urea groups is 1. The third-order valence-electron chi connectivity index (χ3n) is 2.26. The molecular weight excluding hydrogens is 218 g/mol. The van der Waals surface area contributed by atoms with Gasteiger partial charge in [-0.25, -0.2) is 9.78 Å².